The monoisotopic (exact) mass is 513 g/mol. The summed E-state index contributed by atoms with van der Waals surface area (Å²) in [5.41, 5.74) is 1.05. The Balaban J connectivity index is 1.50. The lowest BCUT2D eigenvalue weighted by Gasteiger charge is -2.27. The number of aryl methyl sites for hydroxylation is 1. The van der Waals surface area contributed by atoms with Crippen LogP contribution in [0, 0.1) is 0 Å². The van der Waals surface area contributed by atoms with E-state index in [1.807, 2.05) is 10.8 Å². The second-order valence-corrected chi connectivity index (χ2v) is 8.80. The summed E-state index contributed by atoms with van der Waals surface area (Å²) in [6.07, 6.45) is 7.46. The van der Waals surface area contributed by atoms with Gasteiger partial charge in [-0.15, -0.1) is 0 Å². The standard InChI is InChI=1S/C29H27N3O6/c1-3-16-37-21-10-8-19(9-11-21)25-24(26(33)23-17-20-6-4-7-22(36-2)28(20)38-23)27(34)29(35)32(25)14-5-13-31-15-12-30-18-31/h3-4,6-12,15,17-18,25,34H,1,5,13-14,16H2,2H3. The van der Waals surface area contributed by atoms with Crippen LogP contribution in [0.1, 0.15) is 28.6 Å². The van der Waals surface area contributed by atoms with Gasteiger partial charge in [-0.3, -0.25) is 9.59 Å². The van der Waals surface area contributed by atoms with Crippen molar-refractivity contribution < 1.29 is 28.6 Å². The molecule has 2 aromatic heterocycles. The maximum atomic E-state index is 13.8. The first kappa shape index (κ1) is 24.9. The third-order valence-electron chi connectivity index (χ3n) is 6.44. The summed E-state index contributed by atoms with van der Waals surface area (Å²) in [6, 6.07) is 13.2. The fraction of sp³-hybridized carbons (Fsp3) is 0.207. The number of imidazole rings is 1. The Kier molecular flexibility index (Phi) is 6.99. The molecular weight excluding hydrogens is 486 g/mol. The van der Waals surface area contributed by atoms with Crippen molar-refractivity contribution in [2.24, 2.45) is 0 Å². The van der Waals surface area contributed by atoms with E-state index in [9.17, 15) is 14.7 Å². The van der Waals surface area contributed by atoms with Crippen LogP contribution in [0.4, 0.5) is 0 Å². The summed E-state index contributed by atoms with van der Waals surface area (Å²) >= 11 is 0. The minimum atomic E-state index is -0.804. The quantitative estimate of drug-likeness (QED) is 0.225. The number of ether oxygens (including phenoxy) is 2. The van der Waals surface area contributed by atoms with Crippen LogP contribution in [0.5, 0.6) is 11.5 Å². The Bertz CT molecular complexity index is 1500. The van der Waals surface area contributed by atoms with E-state index in [-0.39, 0.29) is 11.3 Å². The Hall–Kier alpha value is -4.79. The zero-order valence-electron chi connectivity index (χ0n) is 20.9. The number of aromatic nitrogens is 2. The summed E-state index contributed by atoms with van der Waals surface area (Å²) in [6.45, 7) is 4.93. The van der Waals surface area contributed by atoms with Gasteiger partial charge >= 0.3 is 0 Å². The van der Waals surface area contributed by atoms with Gasteiger partial charge < -0.3 is 28.5 Å². The van der Waals surface area contributed by atoms with Crippen molar-refractivity contribution in [1.82, 2.24) is 14.5 Å². The minimum Gasteiger partial charge on any atom is -0.503 e. The average Bonchev–Trinajstić information content (AvgIpc) is 3.67. The van der Waals surface area contributed by atoms with E-state index < -0.39 is 23.5 Å². The van der Waals surface area contributed by atoms with Crippen molar-refractivity contribution in [1.29, 1.82) is 0 Å². The Morgan fingerprint density at radius 3 is 2.74 bits per heavy atom. The first-order valence-corrected chi connectivity index (χ1v) is 12.2. The molecule has 1 aliphatic rings. The Morgan fingerprint density at radius 2 is 2.03 bits per heavy atom. The van der Waals surface area contributed by atoms with Gasteiger partial charge in [0.05, 0.1) is 25.1 Å². The number of ketones is 1. The lowest BCUT2D eigenvalue weighted by Crippen LogP contribution is -2.32. The molecule has 4 aromatic rings. The number of nitrogens with zero attached hydrogens (tertiary/aromatic N) is 3. The summed E-state index contributed by atoms with van der Waals surface area (Å²) in [5.74, 6) is -0.643. The highest BCUT2D eigenvalue weighted by Gasteiger charge is 2.44. The van der Waals surface area contributed by atoms with Crippen LogP contribution in [-0.4, -0.2) is 51.5 Å². The number of benzene rings is 2. The smallest absolute Gasteiger partial charge is 0.290 e. The van der Waals surface area contributed by atoms with E-state index in [2.05, 4.69) is 11.6 Å². The Labute approximate surface area is 219 Å². The zero-order chi connectivity index (χ0) is 26.6. The van der Waals surface area contributed by atoms with Crippen LogP contribution in [0.25, 0.3) is 11.0 Å². The molecule has 0 saturated heterocycles. The van der Waals surface area contributed by atoms with Crippen LogP contribution in [0.3, 0.4) is 0 Å². The predicted molar refractivity (Wildman–Crippen MR) is 140 cm³/mol. The normalized spacial score (nSPS) is 15.3. The van der Waals surface area contributed by atoms with Crippen molar-refractivity contribution in [3.63, 3.8) is 0 Å². The van der Waals surface area contributed by atoms with Crippen molar-refractivity contribution in [2.45, 2.75) is 19.0 Å². The number of methoxy groups -OCH3 is 1. The molecule has 0 spiro atoms. The number of carbonyl (C=O) groups excluding carboxylic acids is 2. The van der Waals surface area contributed by atoms with Gasteiger partial charge in [0.25, 0.3) is 5.91 Å². The second-order valence-electron chi connectivity index (χ2n) is 8.80. The number of hydrogen-bond acceptors (Lipinski definition) is 7. The largest absolute Gasteiger partial charge is 0.503 e. The van der Waals surface area contributed by atoms with Gasteiger partial charge in [0.1, 0.15) is 12.4 Å². The van der Waals surface area contributed by atoms with E-state index in [1.165, 1.54) is 12.0 Å². The summed E-state index contributed by atoms with van der Waals surface area (Å²) in [4.78, 5) is 32.6. The number of Topliss-reactive ketones (excluding diaryl/α,β-unsaturated/α-hetero) is 1. The summed E-state index contributed by atoms with van der Waals surface area (Å²) in [5, 5.41) is 11.6. The highest BCUT2D eigenvalue weighted by atomic mass is 16.5. The van der Waals surface area contributed by atoms with Gasteiger partial charge in [-0.1, -0.05) is 36.9 Å². The van der Waals surface area contributed by atoms with E-state index >= 15 is 0 Å². The molecule has 194 valence electrons. The maximum Gasteiger partial charge on any atom is 0.290 e. The molecule has 1 atom stereocenters. The SMILES string of the molecule is C=CCOc1ccc(C2C(C(=O)c3cc4cccc(OC)c4o3)=C(O)C(=O)N2CCCn2ccnc2)cc1. The molecule has 9 nitrogen and oxygen atoms in total. The topological polar surface area (TPSA) is 107 Å². The molecule has 1 aliphatic heterocycles. The zero-order valence-corrected chi connectivity index (χ0v) is 20.9. The van der Waals surface area contributed by atoms with E-state index in [1.54, 1.807) is 67.1 Å². The second kappa shape index (κ2) is 10.7. The third-order valence-corrected chi connectivity index (χ3v) is 6.44. The first-order chi connectivity index (χ1) is 18.5. The van der Waals surface area contributed by atoms with E-state index in [4.69, 9.17) is 13.9 Å². The minimum absolute atomic E-state index is 0.00931. The van der Waals surface area contributed by atoms with Gasteiger partial charge in [0.15, 0.2) is 22.9 Å². The van der Waals surface area contributed by atoms with Crippen LogP contribution < -0.4 is 9.47 Å². The molecule has 1 N–H and O–H groups in total. The number of hydrogen-bond donors (Lipinski definition) is 1. The number of rotatable bonds is 11. The number of para-hydroxylation sites is 1. The van der Waals surface area contributed by atoms with Crippen molar-refractivity contribution in [3.05, 3.63) is 103 Å². The van der Waals surface area contributed by atoms with Crippen molar-refractivity contribution in [3.8, 4) is 11.5 Å². The van der Waals surface area contributed by atoms with Gasteiger partial charge in [0.2, 0.25) is 5.78 Å². The van der Waals surface area contributed by atoms with E-state index in [0.717, 1.165) is 0 Å². The predicted octanol–water partition coefficient (Wildman–Crippen LogP) is 4.87. The molecule has 0 saturated carbocycles. The summed E-state index contributed by atoms with van der Waals surface area (Å²) in [7, 11) is 1.52. The molecule has 0 aliphatic carbocycles. The molecule has 0 fully saturated rings. The molecular formula is C29H27N3O6. The highest BCUT2D eigenvalue weighted by molar-refractivity contribution is 6.16. The molecule has 38 heavy (non-hydrogen) atoms. The molecule has 1 amide bonds. The molecule has 0 bridgehead atoms. The number of fused-ring (bicyclic) bond motifs is 1. The lowest BCUT2D eigenvalue weighted by atomic mass is 9.95. The molecule has 0 radical (unpaired) electrons. The molecule has 3 heterocycles. The Morgan fingerprint density at radius 1 is 1.21 bits per heavy atom. The van der Waals surface area contributed by atoms with Crippen LogP contribution >= 0.6 is 0 Å². The molecule has 9 heteroatoms. The number of furan rings is 1. The van der Waals surface area contributed by atoms with Crippen LogP contribution in [0.2, 0.25) is 0 Å². The number of amides is 1. The van der Waals surface area contributed by atoms with E-state index in [0.29, 0.717) is 54.1 Å². The van der Waals surface area contributed by atoms with Gasteiger partial charge in [-0.05, 0) is 36.2 Å². The van der Waals surface area contributed by atoms with Gasteiger partial charge in [-0.2, -0.15) is 0 Å². The molecule has 5 rings (SSSR count). The number of carbonyl (C=O) groups is 2. The van der Waals surface area contributed by atoms with Crippen molar-refractivity contribution >= 4 is 22.7 Å². The number of aliphatic hydroxyl groups is 1. The summed E-state index contributed by atoms with van der Waals surface area (Å²) < 4.78 is 18.7. The van der Waals surface area contributed by atoms with Gasteiger partial charge in [-0.25, -0.2) is 4.98 Å². The van der Waals surface area contributed by atoms with Crippen LogP contribution in [-0.2, 0) is 11.3 Å². The van der Waals surface area contributed by atoms with Gasteiger partial charge in [0, 0.05) is 30.9 Å². The van der Waals surface area contributed by atoms with Crippen LogP contribution in [0.15, 0.2) is 95.7 Å². The lowest BCUT2D eigenvalue weighted by molar-refractivity contribution is -0.129. The fourth-order valence-corrected chi connectivity index (χ4v) is 4.65. The molecule has 2 aromatic carbocycles. The number of aliphatic hydroxyl groups excluding tert-OH is 1. The third kappa shape index (κ3) is 4.66. The highest BCUT2D eigenvalue weighted by Crippen LogP contribution is 2.40. The fourth-order valence-electron chi connectivity index (χ4n) is 4.65. The first-order valence-electron chi connectivity index (χ1n) is 12.2. The maximum absolute atomic E-state index is 13.8. The average molecular weight is 514 g/mol. The van der Waals surface area contributed by atoms with Crippen molar-refractivity contribution in [2.75, 3.05) is 20.3 Å². The molecule has 1 unspecified atom stereocenters.